The summed E-state index contributed by atoms with van der Waals surface area (Å²) in [5, 5.41) is 8.90. The molecule has 22 heavy (non-hydrogen) atoms. The summed E-state index contributed by atoms with van der Waals surface area (Å²) in [5.74, 6) is 0. The molecule has 4 nitrogen and oxygen atoms in total. The summed E-state index contributed by atoms with van der Waals surface area (Å²) in [5.41, 5.74) is 1.27. The van der Waals surface area contributed by atoms with Gasteiger partial charge in [-0.25, -0.2) is 4.98 Å². The third kappa shape index (κ3) is 3.26. The number of aromatic nitrogens is 1. The second-order valence-electron chi connectivity index (χ2n) is 6.11. The van der Waals surface area contributed by atoms with E-state index in [1.807, 2.05) is 11.3 Å². The first-order valence-corrected chi connectivity index (χ1v) is 9.79. The van der Waals surface area contributed by atoms with Gasteiger partial charge in [0.15, 0.2) is 0 Å². The normalized spacial score (nSPS) is 24.1. The Kier molecular flexibility index (Phi) is 4.54. The van der Waals surface area contributed by atoms with Crippen molar-refractivity contribution in [2.45, 2.75) is 19.0 Å². The van der Waals surface area contributed by atoms with Crippen LogP contribution in [0.3, 0.4) is 0 Å². The van der Waals surface area contributed by atoms with Gasteiger partial charge < -0.3 is 5.32 Å². The SMILES string of the molecule is c1cc(-c2ncc(CN3CCC(N4CCNCC4)C3)s2)cs1. The first-order valence-electron chi connectivity index (χ1n) is 8.03. The second-order valence-corrected chi connectivity index (χ2v) is 8.00. The molecule has 0 saturated carbocycles. The molecule has 4 rings (SSSR count). The fourth-order valence-corrected chi connectivity index (χ4v) is 5.09. The molecule has 1 atom stereocenters. The van der Waals surface area contributed by atoms with Crippen molar-refractivity contribution in [1.29, 1.82) is 0 Å². The Labute approximate surface area is 139 Å². The van der Waals surface area contributed by atoms with E-state index in [-0.39, 0.29) is 0 Å². The fraction of sp³-hybridized carbons (Fsp3) is 0.562. The van der Waals surface area contributed by atoms with Gasteiger partial charge in [-0.3, -0.25) is 9.80 Å². The number of thiazole rings is 1. The van der Waals surface area contributed by atoms with Crippen LogP contribution >= 0.6 is 22.7 Å². The number of hydrogen-bond acceptors (Lipinski definition) is 6. The molecule has 6 heteroatoms. The van der Waals surface area contributed by atoms with E-state index in [4.69, 9.17) is 0 Å². The van der Waals surface area contributed by atoms with Gasteiger partial charge in [0.1, 0.15) is 5.01 Å². The smallest absolute Gasteiger partial charge is 0.124 e. The highest BCUT2D eigenvalue weighted by Crippen LogP contribution is 2.28. The van der Waals surface area contributed by atoms with E-state index in [1.54, 1.807) is 11.3 Å². The Hall–Kier alpha value is -0.790. The second kappa shape index (κ2) is 6.76. The number of likely N-dealkylation sites (tertiary alicyclic amines) is 1. The molecule has 2 aromatic rings. The van der Waals surface area contributed by atoms with E-state index in [9.17, 15) is 0 Å². The van der Waals surface area contributed by atoms with Gasteiger partial charge in [0.2, 0.25) is 0 Å². The average Bonchev–Trinajstić information content (AvgIpc) is 3.30. The first kappa shape index (κ1) is 14.8. The van der Waals surface area contributed by atoms with E-state index >= 15 is 0 Å². The number of thiophene rings is 1. The maximum Gasteiger partial charge on any atom is 0.124 e. The molecule has 2 aromatic heterocycles. The molecule has 2 saturated heterocycles. The number of hydrogen-bond donors (Lipinski definition) is 1. The van der Waals surface area contributed by atoms with E-state index in [0.29, 0.717) is 0 Å². The van der Waals surface area contributed by atoms with E-state index in [1.165, 1.54) is 43.0 Å². The quantitative estimate of drug-likeness (QED) is 0.930. The van der Waals surface area contributed by atoms with E-state index in [2.05, 4.69) is 43.1 Å². The average molecular weight is 335 g/mol. The summed E-state index contributed by atoms with van der Waals surface area (Å²) in [7, 11) is 0. The standard InChI is InChI=1S/C16H22N4S2/c1-5-19(10-14(1)20-6-3-17-4-7-20)11-15-9-18-16(22-15)13-2-8-21-12-13/h2,8-9,12,14,17H,1,3-7,10-11H2. The van der Waals surface area contributed by atoms with Crippen molar-refractivity contribution in [3.63, 3.8) is 0 Å². The van der Waals surface area contributed by atoms with Gasteiger partial charge in [-0.05, 0) is 17.9 Å². The van der Waals surface area contributed by atoms with E-state index in [0.717, 1.165) is 30.7 Å². The van der Waals surface area contributed by atoms with Crippen molar-refractivity contribution in [2.24, 2.45) is 0 Å². The molecule has 0 aromatic carbocycles. The predicted octanol–water partition coefficient (Wildman–Crippen LogP) is 2.35. The van der Waals surface area contributed by atoms with Gasteiger partial charge in [-0.1, -0.05) is 0 Å². The van der Waals surface area contributed by atoms with Crippen LogP contribution < -0.4 is 5.32 Å². The lowest BCUT2D eigenvalue weighted by Crippen LogP contribution is -2.49. The summed E-state index contributed by atoms with van der Waals surface area (Å²) in [6, 6.07) is 2.91. The minimum Gasteiger partial charge on any atom is -0.314 e. The molecule has 0 radical (unpaired) electrons. The summed E-state index contributed by atoms with van der Waals surface area (Å²) in [4.78, 5) is 11.2. The fourth-order valence-electron chi connectivity index (χ4n) is 3.42. The van der Waals surface area contributed by atoms with Crippen molar-refractivity contribution >= 4 is 22.7 Å². The zero-order valence-corrected chi connectivity index (χ0v) is 14.3. The van der Waals surface area contributed by atoms with Crippen LogP contribution in [0.1, 0.15) is 11.3 Å². The number of piperazine rings is 1. The molecular weight excluding hydrogens is 312 g/mol. The highest BCUT2D eigenvalue weighted by atomic mass is 32.1. The third-order valence-corrected chi connectivity index (χ3v) is 6.33. The summed E-state index contributed by atoms with van der Waals surface area (Å²) < 4.78 is 0. The molecule has 2 aliphatic rings. The highest BCUT2D eigenvalue weighted by Gasteiger charge is 2.28. The molecule has 0 spiro atoms. The Morgan fingerprint density at radius 2 is 2.18 bits per heavy atom. The van der Waals surface area contributed by atoms with Gasteiger partial charge >= 0.3 is 0 Å². The van der Waals surface area contributed by atoms with Crippen LogP contribution in [0.25, 0.3) is 10.6 Å². The minimum absolute atomic E-state index is 0.756. The topological polar surface area (TPSA) is 31.4 Å². The van der Waals surface area contributed by atoms with Gasteiger partial charge in [-0.2, -0.15) is 11.3 Å². The Balaban J connectivity index is 1.34. The van der Waals surface area contributed by atoms with Crippen molar-refractivity contribution in [1.82, 2.24) is 20.1 Å². The van der Waals surface area contributed by atoms with Crippen molar-refractivity contribution in [3.05, 3.63) is 27.9 Å². The predicted molar refractivity (Wildman–Crippen MR) is 93.6 cm³/mol. The lowest BCUT2D eigenvalue weighted by atomic mass is 10.2. The summed E-state index contributed by atoms with van der Waals surface area (Å²) >= 11 is 3.58. The molecule has 0 aliphatic carbocycles. The van der Waals surface area contributed by atoms with Crippen LogP contribution in [-0.2, 0) is 6.54 Å². The van der Waals surface area contributed by atoms with Crippen molar-refractivity contribution < 1.29 is 0 Å². The zero-order valence-electron chi connectivity index (χ0n) is 12.7. The van der Waals surface area contributed by atoms with Crippen LogP contribution in [0.2, 0.25) is 0 Å². The van der Waals surface area contributed by atoms with Crippen molar-refractivity contribution in [2.75, 3.05) is 39.3 Å². The van der Waals surface area contributed by atoms with Gasteiger partial charge in [0.25, 0.3) is 0 Å². The Morgan fingerprint density at radius 3 is 3.00 bits per heavy atom. The van der Waals surface area contributed by atoms with Crippen LogP contribution in [0.15, 0.2) is 23.0 Å². The lowest BCUT2D eigenvalue weighted by Gasteiger charge is -2.32. The Morgan fingerprint density at radius 1 is 1.27 bits per heavy atom. The number of rotatable bonds is 4. The lowest BCUT2D eigenvalue weighted by molar-refractivity contribution is 0.170. The molecule has 1 N–H and O–H groups in total. The highest BCUT2D eigenvalue weighted by molar-refractivity contribution is 7.15. The third-order valence-electron chi connectivity index (χ3n) is 4.62. The maximum atomic E-state index is 4.59. The molecule has 1 unspecified atom stereocenters. The van der Waals surface area contributed by atoms with Crippen LogP contribution in [-0.4, -0.2) is 60.1 Å². The van der Waals surface area contributed by atoms with Crippen LogP contribution in [0.4, 0.5) is 0 Å². The summed E-state index contributed by atoms with van der Waals surface area (Å²) in [6.45, 7) is 8.21. The van der Waals surface area contributed by atoms with Gasteiger partial charge in [-0.15, -0.1) is 11.3 Å². The van der Waals surface area contributed by atoms with Crippen LogP contribution in [0, 0.1) is 0 Å². The number of nitrogens with one attached hydrogen (secondary N) is 1. The van der Waals surface area contributed by atoms with Gasteiger partial charge in [0, 0.05) is 73.9 Å². The monoisotopic (exact) mass is 334 g/mol. The van der Waals surface area contributed by atoms with Gasteiger partial charge in [0.05, 0.1) is 0 Å². The van der Waals surface area contributed by atoms with E-state index < -0.39 is 0 Å². The molecule has 118 valence electrons. The minimum atomic E-state index is 0.756. The molecule has 0 amide bonds. The largest absolute Gasteiger partial charge is 0.314 e. The van der Waals surface area contributed by atoms with Crippen molar-refractivity contribution in [3.8, 4) is 10.6 Å². The summed E-state index contributed by atoms with van der Waals surface area (Å²) in [6.07, 6.45) is 3.38. The molecule has 0 bridgehead atoms. The first-order chi connectivity index (χ1) is 10.9. The van der Waals surface area contributed by atoms with Crippen LogP contribution in [0.5, 0.6) is 0 Å². The zero-order chi connectivity index (χ0) is 14.8. The Bertz CT molecular complexity index is 589. The number of nitrogens with zero attached hydrogens (tertiary/aromatic N) is 3. The molecule has 2 fully saturated rings. The molecular formula is C16H22N4S2. The maximum absolute atomic E-state index is 4.59. The molecule has 4 heterocycles. The molecule has 2 aliphatic heterocycles.